The second-order valence-electron chi connectivity index (χ2n) is 4.36. The third-order valence-electron chi connectivity index (χ3n) is 2.67. The van der Waals surface area contributed by atoms with Gasteiger partial charge in [-0.05, 0) is 13.0 Å². The average molecular weight is 273 g/mol. The molecule has 0 radical (unpaired) electrons. The molecule has 6 heteroatoms. The van der Waals surface area contributed by atoms with E-state index in [0.717, 1.165) is 25.2 Å². The summed E-state index contributed by atoms with van der Waals surface area (Å²) in [5.74, 6) is 0.471. The maximum absolute atomic E-state index is 11.6. The molecule has 1 aromatic rings. The topological polar surface area (TPSA) is 64.0 Å². The van der Waals surface area contributed by atoms with Gasteiger partial charge < -0.3 is 9.88 Å². The van der Waals surface area contributed by atoms with E-state index >= 15 is 0 Å². The maximum Gasteiger partial charge on any atom is 0.152 e. The van der Waals surface area contributed by atoms with E-state index in [9.17, 15) is 8.42 Å². The van der Waals surface area contributed by atoms with Crippen molar-refractivity contribution in [2.75, 3.05) is 24.6 Å². The van der Waals surface area contributed by atoms with Crippen molar-refractivity contribution in [3.05, 3.63) is 18.2 Å². The van der Waals surface area contributed by atoms with Crippen LogP contribution in [0.4, 0.5) is 0 Å². The van der Waals surface area contributed by atoms with Gasteiger partial charge in [-0.1, -0.05) is 13.8 Å². The summed E-state index contributed by atoms with van der Waals surface area (Å²) in [5, 5.41) is 3.23. The number of rotatable bonds is 9. The summed E-state index contributed by atoms with van der Waals surface area (Å²) in [6.45, 7) is 6.30. The van der Waals surface area contributed by atoms with E-state index in [4.69, 9.17) is 0 Å². The molecule has 1 heterocycles. The van der Waals surface area contributed by atoms with E-state index < -0.39 is 9.84 Å². The van der Waals surface area contributed by atoms with E-state index in [1.165, 1.54) is 0 Å². The number of sulfone groups is 1. The highest BCUT2D eigenvalue weighted by Gasteiger charge is 2.09. The van der Waals surface area contributed by atoms with Crippen molar-refractivity contribution in [1.82, 2.24) is 14.9 Å². The quantitative estimate of drug-likeness (QED) is 0.678. The Hall–Kier alpha value is -0.880. The molecule has 0 bridgehead atoms. The van der Waals surface area contributed by atoms with Crippen molar-refractivity contribution in [1.29, 1.82) is 0 Å². The van der Waals surface area contributed by atoms with E-state index in [0.29, 0.717) is 13.0 Å². The lowest BCUT2D eigenvalue weighted by Gasteiger charge is -2.03. The number of hydrogen-bond donors (Lipinski definition) is 1. The van der Waals surface area contributed by atoms with Gasteiger partial charge in [0.25, 0.3) is 0 Å². The lowest BCUT2D eigenvalue weighted by molar-refractivity contribution is 0.587. The number of hydrogen-bond acceptors (Lipinski definition) is 4. The summed E-state index contributed by atoms with van der Waals surface area (Å²) < 4.78 is 25.0. The van der Waals surface area contributed by atoms with Gasteiger partial charge in [0.15, 0.2) is 9.84 Å². The smallest absolute Gasteiger partial charge is 0.152 e. The predicted octanol–water partition coefficient (Wildman–Crippen LogP) is 0.860. The van der Waals surface area contributed by atoms with E-state index in [1.54, 1.807) is 6.33 Å². The molecule has 0 aliphatic heterocycles. The molecule has 1 aromatic heterocycles. The highest BCUT2D eigenvalue weighted by molar-refractivity contribution is 7.91. The molecule has 5 nitrogen and oxygen atoms in total. The maximum atomic E-state index is 11.6. The van der Waals surface area contributed by atoms with Crippen LogP contribution < -0.4 is 5.32 Å². The highest BCUT2D eigenvalue weighted by atomic mass is 32.2. The molecule has 0 aliphatic carbocycles. The number of nitrogens with zero attached hydrogens (tertiary/aromatic N) is 2. The Morgan fingerprint density at radius 1 is 1.33 bits per heavy atom. The SMILES string of the molecule is CCCS(=O)(=O)CCn1cnc(CCNCC)c1. The molecular formula is C12H23N3O2S. The standard InChI is InChI=1S/C12H23N3O2S/c1-3-8-18(16,17)9-7-15-10-12(14-11-15)5-6-13-4-2/h10-11,13H,3-9H2,1-2H3. The molecule has 0 amide bonds. The van der Waals surface area contributed by atoms with Crippen LogP contribution in [-0.4, -0.2) is 42.6 Å². The Morgan fingerprint density at radius 3 is 2.78 bits per heavy atom. The molecule has 0 aliphatic rings. The van der Waals surface area contributed by atoms with Gasteiger partial charge in [0.1, 0.15) is 0 Å². The molecule has 0 unspecified atom stereocenters. The minimum Gasteiger partial charge on any atom is -0.336 e. The number of nitrogens with one attached hydrogen (secondary N) is 1. The molecule has 0 aromatic carbocycles. The number of likely N-dealkylation sites (N-methyl/N-ethyl adjacent to an activating group) is 1. The first kappa shape index (κ1) is 15.2. The van der Waals surface area contributed by atoms with E-state index in [2.05, 4.69) is 17.2 Å². The summed E-state index contributed by atoms with van der Waals surface area (Å²) in [5.41, 5.74) is 1.00. The minimum absolute atomic E-state index is 0.198. The molecule has 0 spiro atoms. The minimum atomic E-state index is -2.90. The van der Waals surface area contributed by atoms with Crippen molar-refractivity contribution in [2.45, 2.75) is 33.2 Å². The third-order valence-corrected chi connectivity index (χ3v) is 4.51. The van der Waals surface area contributed by atoms with Crippen LogP contribution in [0.15, 0.2) is 12.5 Å². The van der Waals surface area contributed by atoms with Crippen LogP contribution in [0, 0.1) is 0 Å². The molecule has 18 heavy (non-hydrogen) atoms. The van der Waals surface area contributed by atoms with Gasteiger partial charge in [0.05, 0.1) is 17.8 Å². The van der Waals surface area contributed by atoms with Gasteiger partial charge in [-0.3, -0.25) is 0 Å². The Kier molecular flexibility index (Phi) is 6.35. The zero-order valence-corrected chi connectivity index (χ0v) is 12.0. The van der Waals surface area contributed by atoms with Crippen molar-refractivity contribution < 1.29 is 8.42 Å². The van der Waals surface area contributed by atoms with Gasteiger partial charge in [-0.15, -0.1) is 0 Å². The number of aryl methyl sites for hydroxylation is 1. The van der Waals surface area contributed by atoms with E-state index in [1.807, 2.05) is 17.7 Å². The van der Waals surface area contributed by atoms with Crippen LogP contribution in [0.5, 0.6) is 0 Å². The molecule has 0 atom stereocenters. The van der Waals surface area contributed by atoms with Gasteiger partial charge in [-0.25, -0.2) is 13.4 Å². The molecule has 0 saturated heterocycles. The summed E-state index contributed by atoms with van der Waals surface area (Å²) >= 11 is 0. The fourth-order valence-corrected chi connectivity index (χ4v) is 3.02. The third kappa shape index (κ3) is 5.64. The zero-order valence-electron chi connectivity index (χ0n) is 11.2. The molecule has 104 valence electrons. The zero-order chi connectivity index (χ0) is 13.4. The summed E-state index contributed by atoms with van der Waals surface area (Å²) in [7, 11) is -2.90. The fraction of sp³-hybridized carbons (Fsp3) is 0.750. The molecule has 1 N–H and O–H groups in total. The average Bonchev–Trinajstić information content (AvgIpc) is 2.75. The number of imidazole rings is 1. The van der Waals surface area contributed by atoms with Crippen molar-refractivity contribution in [2.24, 2.45) is 0 Å². The Bertz CT molecular complexity index is 440. The van der Waals surface area contributed by atoms with Crippen LogP contribution in [-0.2, 0) is 22.8 Å². The number of aromatic nitrogens is 2. The Labute approximate surface area is 110 Å². The van der Waals surface area contributed by atoms with Crippen molar-refractivity contribution in [3.8, 4) is 0 Å². The first-order chi connectivity index (χ1) is 8.57. The second-order valence-corrected chi connectivity index (χ2v) is 6.66. The van der Waals surface area contributed by atoms with Crippen LogP contribution in [0.3, 0.4) is 0 Å². The van der Waals surface area contributed by atoms with Crippen LogP contribution in [0.2, 0.25) is 0 Å². The molecular weight excluding hydrogens is 250 g/mol. The molecule has 1 rings (SSSR count). The summed E-state index contributed by atoms with van der Waals surface area (Å²) in [6, 6.07) is 0. The van der Waals surface area contributed by atoms with Gasteiger partial charge in [0.2, 0.25) is 0 Å². The monoisotopic (exact) mass is 273 g/mol. The summed E-state index contributed by atoms with van der Waals surface area (Å²) in [6.07, 6.45) is 5.20. The Balaban J connectivity index is 2.39. The molecule has 0 fully saturated rings. The first-order valence-electron chi connectivity index (χ1n) is 6.49. The van der Waals surface area contributed by atoms with Gasteiger partial charge in [0, 0.05) is 31.5 Å². The highest BCUT2D eigenvalue weighted by Crippen LogP contribution is 2.00. The molecule has 0 saturated carbocycles. The van der Waals surface area contributed by atoms with Crippen molar-refractivity contribution in [3.63, 3.8) is 0 Å². The van der Waals surface area contributed by atoms with Gasteiger partial charge in [-0.2, -0.15) is 0 Å². The van der Waals surface area contributed by atoms with Crippen molar-refractivity contribution >= 4 is 9.84 Å². The van der Waals surface area contributed by atoms with Crippen LogP contribution >= 0.6 is 0 Å². The lowest BCUT2D eigenvalue weighted by atomic mass is 10.3. The second kappa shape index (κ2) is 7.53. The lowest BCUT2D eigenvalue weighted by Crippen LogP contribution is -2.16. The van der Waals surface area contributed by atoms with E-state index in [-0.39, 0.29) is 11.5 Å². The van der Waals surface area contributed by atoms with Gasteiger partial charge >= 0.3 is 0 Å². The largest absolute Gasteiger partial charge is 0.336 e. The predicted molar refractivity (Wildman–Crippen MR) is 73.4 cm³/mol. The van der Waals surface area contributed by atoms with Crippen LogP contribution in [0.1, 0.15) is 26.0 Å². The fourth-order valence-electron chi connectivity index (χ4n) is 1.71. The summed E-state index contributed by atoms with van der Waals surface area (Å²) in [4.78, 5) is 4.26. The Morgan fingerprint density at radius 2 is 2.11 bits per heavy atom. The van der Waals surface area contributed by atoms with Crippen LogP contribution in [0.25, 0.3) is 0 Å². The first-order valence-corrected chi connectivity index (χ1v) is 8.31. The normalized spacial score (nSPS) is 11.9.